The number of benzene rings is 2. The quantitative estimate of drug-likeness (QED) is 0.720. The molecule has 0 saturated heterocycles. The van der Waals surface area contributed by atoms with Gasteiger partial charge in [0.1, 0.15) is 0 Å². The summed E-state index contributed by atoms with van der Waals surface area (Å²) in [7, 11) is 0. The summed E-state index contributed by atoms with van der Waals surface area (Å²) in [6.45, 7) is 2.10. The van der Waals surface area contributed by atoms with E-state index < -0.39 is 0 Å². The molecule has 22 heavy (non-hydrogen) atoms. The predicted molar refractivity (Wildman–Crippen MR) is 94.8 cm³/mol. The van der Waals surface area contributed by atoms with Crippen LogP contribution in [0.1, 0.15) is 30.1 Å². The second kappa shape index (κ2) is 8.86. The lowest BCUT2D eigenvalue weighted by molar-refractivity contribution is 0.0935. The maximum Gasteiger partial charge on any atom is 0.251 e. The van der Waals surface area contributed by atoms with E-state index in [2.05, 4.69) is 24.4 Å². The van der Waals surface area contributed by atoms with E-state index in [-0.39, 0.29) is 11.9 Å². The molecular weight excluding hydrogens is 314 g/mol. The molecule has 0 aliphatic heterocycles. The third-order valence-corrected chi connectivity index (χ3v) is 4.71. The van der Waals surface area contributed by atoms with E-state index in [4.69, 9.17) is 11.6 Å². The maximum absolute atomic E-state index is 12.2. The molecule has 0 spiro atoms. The highest BCUT2D eigenvalue weighted by Crippen LogP contribution is 2.19. The Kier molecular flexibility index (Phi) is 6.81. The molecule has 0 radical (unpaired) electrons. The van der Waals surface area contributed by atoms with Gasteiger partial charge in [-0.1, -0.05) is 36.7 Å². The SMILES string of the molecule is CC[C@@H](CCSc1ccccc1)NC(=O)c1ccc(Cl)cc1. The molecule has 0 unspecified atom stereocenters. The molecule has 0 aliphatic carbocycles. The molecule has 2 aromatic rings. The zero-order valence-electron chi connectivity index (χ0n) is 12.6. The number of carbonyl (C=O) groups is 1. The fourth-order valence-electron chi connectivity index (χ4n) is 2.08. The smallest absolute Gasteiger partial charge is 0.251 e. The van der Waals surface area contributed by atoms with Crippen molar-refractivity contribution in [2.45, 2.75) is 30.7 Å². The Morgan fingerprint density at radius 2 is 1.82 bits per heavy atom. The van der Waals surface area contributed by atoms with Gasteiger partial charge in [-0.05, 0) is 55.0 Å². The van der Waals surface area contributed by atoms with Crippen molar-refractivity contribution in [1.29, 1.82) is 0 Å². The van der Waals surface area contributed by atoms with Gasteiger partial charge in [-0.2, -0.15) is 0 Å². The number of nitrogens with one attached hydrogen (secondary N) is 1. The van der Waals surface area contributed by atoms with Gasteiger partial charge in [0.15, 0.2) is 0 Å². The predicted octanol–water partition coefficient (Wildman–Crippen LogP) is 5.03. The normalized spacial score (nSPS) is 11.9. The van der Waals surface area contributed by atoms with Crippen LogP contribution in [0.25, 0.3) is 0 Å². The van der Waals surface area contributed by atoms with Gasteiger partial charge in [-0.25, -0.2) is 0 Å². The van der Waals surface area contributed by atoms with Crippen LogP contribution >= 0.6 is 23.4 Å². The lowest BCUT2D eigenvalue weighted by atomic mass is 10.1. The summed E-state index contributed by atoms with van der Waals surface area (Å²) >= 11 is 7.66. The van der Waals surface area contributed by atoms with Crippen LogP contribution in [0.2, 0.25) is 5.02 Å². The molecule has 0 fully saturated rings. The molecule has 0 aliphatic rings. The second-order valence-electron chi connectivity index (χ2n) is 5.04. The summed E-state index contributed by atoms with van der Waals surface area (Å²) in [5.74, 6) is 0.955. The van der Waals surface area contributed by atoms with Crippen molar-refractivity contribution < 1.29 is 4.79 Å². The Balaban J connectivity index is 1.81. The number of thioether (sulfide) groups is 1. The fraction of sp³-hybridized carbons (Fsp3) is 0.278. The van der Waals surface area contributed by atoms with Crippen LogP contribution in [0.5, 0.6) is 0 Å². The average molecular weight is 334 g/mol. The summed E-state index contributed by atoms with van der Waals surface area (Å²) < 4.78 is 0. The number of rotatable bonds is 7. The molecule has 2 rings (SSSR count). The molecule has 0 aromatic heterocycles. The maximum atomic E-state index is 12.2. The van der Waals surface area contributed by atoms with Gasteiger partial charge in [0.2, 0.25) is 0 Å². The Hall–Kier alpha value is -1.45. The fourth-order valence-corrected chi connectivity index (χ4v) is 3.20. The molecule has 116 valence electrons. The van der Waals surface area contributed by atoms with Gasteiger partial charge in [0.25, 0.3) is 5.91 Å². The van der Waals surface area contributed by atoms with Crippen LogP contribution in [0.15, 0.2) is 59.5 Å². The highest BCUT2D eigenvalue weighted by Gasteiger charge is 2.12. The standard InChI is InChI=1S/C18H20ClNOS/c1-2-16(12-13-22-17-6-4-3-5-7-17)20-18(21)14-8-10-15(19)11-9-14/h3-11,16H,2,12-13H2,1H3,(H,20,21)/t16-/m0/s1. The van der Waals surface area contributed by atoms with E-state index in [1.807, 2.05) is 30.0 Å². The van der Waals surface area contributed by atoms with Gasteiger partial charge in [-0.15, -0.1) is 11.8 Å². The minimum Gasteiger partial charge on any atom is -0.349 e. The summed E-state index contributed by atoms with van der Waals surface area (Å²) in [6, 6.07) is 17.5. The van der Waals surface area contributed by atoms with Crippen molar-refractivity contribution >= 4 is 29.3 Å². The molecule has 2 nitrogen and oxygen atoms in total. The topological polar surface area (TPSA) is 29.1 Å². The zero-order chi connectivity index (χ0) is 15.8. The van der Waals surface area contributed by atoms with Crippen molar-refractivity contribution in [3.8, 4) is 0 Å². The molecule has 1 atom stereocenters. The lowest BCUT2D eigenvalue weighted by Gasteiger charge is -2.17. The lowest BCUT2D eigenvalue weighted by Crippen LogP contribution is -2.34. The summed E-state index contributed by atoms with van der Waals surface area (Å²) in [6.07, 6.45) is 1.88. The van der Waals surface area contributed by atoms with Crippen molar-refractivity contribution in [1.82, 2.24) is 5.32 Å². The largest absolute Gasteiger partial charge is 0.349 e. The van der Waals surface area contributed by atoms with Crippen LogP contribution in [0.4, 0.5) is 0 Å². The first-order valence-electron chi connectivity index (χ1n) is 7.43. The highest BCUT2D eigenvalue weighted by molar-refractivity contribution is 7.99. The monoisotopic (exact) mass is 333 g/mol. The zero-order valence-corrected chi connectivity index (χ0v) is 14.2. The average Bonchev–Trinajstić information content (AvgIpc) is 2.55. The molecule has 2 aromatic carbocycles. The molecule has 1 N–H and O–H groups in total. The summed E-state index contributed by atoms with van der Waals surface area (Å²) in [4.78, 5) is 13.5. The van der Waals surface area contributed by atoms with Crippen molar-refractivity contribution in [3.63, 3.8) is 0 Å². The number of hydrogen-bond donors (Lipinski definition) is 1. The Bertz CT molecular complexity index is 586. The highest BCUT2D eigenvalue weighted by atomic mass is 35.5. The third-order valence-electron chi connectivity index (χ3n) is 3.41. The van der Waals surface area contributed by atoms with Crippen molar-refractivity contribution in [2.75, 3.05) is 5.75 Å². The first kappa shape index (κ1) is 16.9. The first-order valence-corrected chi connectivity index (χ1v) is 8.79. The minimum atomic E-state index is -0.0340. The Morgan fingerprint density at radius 1 is 1.14 bits per heavy atom. The number of hydrogen-bond acceptors (Lipinski definition) is 2. The van der Waals surface area contributed by atoms with E-state index >= 15 is 0 Å². The summed E-state index contributed by atoms with van der Waals surface area (Å²) in [5, 5.41) is 3.73. The summed E-state index contributed by atoms with van der Waals surface area (Å²) in [5.41, 5.74) is 0.651. The van der Waals surface area contributed by atoms with Gasteiger partial charge in [0, 0.05) is 21.5 Å². The van der Waals surface area contributed by atoms with E-state index in [0.29, 0.717) is 10.6 Å². The van der Waals surface area contributed by atoms with Crippen LogP contribution < -0.4 is 5.32 Å². The van der Waals surface area contributed by atoms with Gasteiger partial charge >= 0.3 is 0 Å². The van der Waals surface area contributed by atoms with E-state index in [1.165, 1.54) is 4.90 Å². The van der Waals surface area contributed by atoms with Crippen LogP contribution in [-0.4, -0.2) is 17.7 Å². The Morgan fingerprint density at radius 3 is 2.45 bits per heavy atom. The van der Waals surface area contributed by atoms with Gasteiger partial charge in [0.05, 0.1) is 0 Å². The molecule has 0 saturated carbocycles. The number of carbonyl (C=O) groups excluding carboxylic acids is 1. The number of halogens is 1. The van der Waals surface area contributed by atoms with Crippen molar-refractivity contribution in [3.05, 3.63) is 65.2 Å². The molecular formula is C18H20ClNOS. The molecule has 4 heteroatoms. The van der Waals surface area contributed by atoms with Crippen molar-refractivity contribution in [2.24, 2.45) is 0 Å². The molecule has 0 bridgehead atoms. The van der Waals surface area contributed by atoms with Crippen LogP contribution in [0, 0.1) is 0 Å². The third kappa shape index (κ3) is 5.39. The van der Waals surface area contributed by atoms with Crippen LogP contribution in [0.3, 0.4) is 0 Å². The molecule has 1 amide bonds. The Labute approximate surface area is 141 Å². The first-order chi connectivity index (χ1) is 10.7. The van der Waals surface area contributed by atoms with E-state index in [0.717, 1.165) is 18.6 Å². The number of amides is 1. The molecule has 0 heterocycles. The van der Waals surface area contributed by atoms with E-state index in [1.54, 1.807) is 24.3 Å². The van der Waals surface area contributed by atoms with Gasteiger partial charge < -0.3 is 5.32 Å². The van der Waals surface area contributed by atoms with Crippen LogP contribution in [-0.2, 0) is 0 Å². The van der Waals surface area contributed by atoms with E-state index in [9.17, 15) is 4.79 Å². The minimum absolute atomic E-state index is 0.0340. The van der Waals surface area contributed by atoms with Gasteiger partial charge in [-0.3, -0.25) is 4.79 Å². The second-order valence-corrected chi connectivity index (χ2v) is 6.64.